The third-order valence-electron chi connectivity index (χ3n) is 2.59. The van der Waals surface area contributed by atoms with Crippen LogP contribution in [-0.4, -0.2) is 42.3 Å². The van der Waals surface area contributed by atoms with E-state index in [9.17, 15) is 0 Å². The molecule has 3 heterocycles. The van der Waals surface area contributed by atoms with Gasteiger partial charge in [-0.2, -0.15) is 4.37 Å². The quantitative estimate of drug-likeness (QED) is 0.833. The monoisotopic (exact) mass is 284 g/mol. The lowest BCUT2D eigenvalue weighted by Gasteiger charge is -2.09. The zero-order valence-corrected chi connectivity index (χ0v) is 11.4. The van der Waals surface area contributed by atoms with E-state index in [2.05, 4.69) is 24.9 Å². The maximum absolute atomic E-state index is 5.58. The van der Waals surface area contributed by atoms with E-state index in [1.165, 1.54) is 23.3 Å². The third kappa shape index (κ3) is 2.68. The van der Waals surface area contributed by atoms with Crippen molar-refractivity contribution < 1.29 is 4.74 Å². The van der Waals surface area contributed by atoms with Crippen LogP contribution in [0.1, 0.15) is 18.7 Å². The SMILES string of the molecule is Cc1nsc(Sc2nnnn2CC2CCCO2)n1. The Morgan fingerprint density at radius 1 is 1.56 bits per heavy atom. The predicted octanol–water partition coefficient (Wildman–Crippen LogP) is 1.16. The molecule has 0 aliphatic carbocycles. The van der Waals surface area contributed by atoms with Crippen molar-refractivity contribution in [3.8, 4) is 0 Å². The smallest absolute Gasteiger partial charge is 0.216 e. The van der Waals surface area contributed by atoms with Gasteiger partial charge in [-0.05, 0) is 53.5 Å². The lowest BCUT2D eigenvalue weighted by Crippen LogP contribution is -2.16. The van der Waals surface area contributed by atoms with Gasteiger partial charge in [-0.25, -0.2) is 9.67 Å². The van der Waals surface area contributed by atoms with Crippen LogP contribution in [0.15, 0.2) is 9.50 Å². The van der Waals surface area contributed by atoms with Gasteiger partial charge >= 0.3 is 0 Å². The van der Waals surface area contributed by atoms with Crippen molar-refractivity contribution in [3.63, 3.8) is 0 Å². The highest BCUT2D eigenvalue weighted by Crippen LogP contribution is 2.27. The lowest BCUT2D eigenvalue weighted by molar-refractivity contribution is 0.0912. The number of hydrogen-bond acceptors (Lipinski definition) is 8. The fraction of sp³-hybridized carbons (Fsp3) is 0.667. The second-order valence-corrected chi connectivity index (χ2v) is 5.95. The predicted molar refractivity (Wildman–Crippen MR) is 65.6 cm³/mol. The summed E-state index contributed by atoms with van der Waals surface area (Å²) < 4.78 is 12.4. The average Bonchev–Trinajstić information content (AvgIpc) is 3.05. The van der Waals surface area contributed by atoms with Crippen molar-refractivity contribution in [2.75, 3.05) is 6.61 Å². The Hall–Kier alpha value is -1.06. The molecule has 18 heavy (non-hydrogen) atoms. The van der Waals surface area contributed by atoms with E-state index in [0.29, 0.717) is 6.54 Å². The second-order valence-electron chi connectivity index (χ2n) is 3.99. The van der Waals surface area contributed by atoms with Gasteiger partial charge in [0.2, 0.25) is 5.16 Å². The van der Waals surface area contributed by atoms with Crippen LogP contribution >= 0.6 is 23.3 Å². The molecule has 2 aromatic rings. The molecule has 1 saturated heterocycles. The van der Waals surface area contributed by atoms with Gasteiger partial charge in [-0.3, -0.25) is 0 Å². The van der Waals surface area contributed by atoms with Crippen molar-refractivity contribution in [2.45, 2.75) is 41.9 Å². The summed E-state index contributed by atoms with van der Waals surface area (Å²) in [6, 6.07) is 0. The summed E-state index contributed by atoms with van der Waals surface area (Å²) in [6.07, 6.45) is 2.41. The molecule has 1 fully saturated rings. The van der Waals surface area contributed by atoms with Gasteiger partial charge in [0.25, 0.3) is 0 Å². The Morgan fingerprint density at radius 2 is 2.50 bits per heavy atom. The van der Waals surface area contributed by atoms with Gasteiger partial charge in [0.05, 0.1) is 12.6 Å². The first-order valence-corrected chi connectivity index (χ1v) is 7.26. The Labute approximate surface area is 112 Å². The van der Waals surface area contributed by atoms with Crippen molar-refractivity contribution >= 4 is 23.3 Å². The molecule has 1 atom stereocenters. The number of tetrazole rings is 1. The minimum Gasteiger partial charge on any atom is -0.376 e. The zero-order valence-electron chi connectivity index (χ0n) is 9.81. The summed E-state index contributed by atoms with van der Waals surface area (Å²) in [5, 5.41) is 12.5. The number of rotatable bonds is 4. The third-order valence-corrected chi connectivity index (χ3v) is 4.40. The summed E-state index contributed by atoms with van der Waals surface area (Å²) >= 11 is 2.80. The van der Waals surface area contributed by atoms with E-state index in [1.807, 2.05) is 6.92 Å². The van der Waals surface area contributed by atoms with Gasteiger partial charge in [-0.1, -0.05) is 0 Å². The molecule has 9 heteroatoms. The highest BCUT2D eigenvalue weighted by Gasteiger charge is 2.19. The van der Waals surface area contributed by atoms with E-state index in [0.717, 1.165) is 34.8 Å². The fourth-order valence-corrected chi connectivity index (χ4v) is 3.30. The van der Waals surface area contributed by atoms with E-state index in [-0.39, 0.29) is 6.10 Å². The summed E-state index contributed by atoms with van der Waals surface area (Å²) in [7, 11) is 0. The van der Waals surface area contributed by atoms with Crippen LogP contribution in [0.5, 0.6) is 0 Å². The summed E-state index contributed by atoms with van der Waals surface area (Å²) in [4.78, 5) is 4.29. The maximum Gasteiger partial charge on any atom is 0.216 e. The summed E-state index contributed by atoms with van der Waals surface area (Å²) in [5.41, 5.74) is 0. The van der Waals surface area contributed by atoms with Gasteiger partial charge in [-0.15, -0.1) is 5.10 Å². The number of nitrogens with zero attached hydrogens (tertiary/aromatic N) is 6. The molecule has 0 spiro atoms. The fourth-order valence-electron chi connectivity index (χ4n) is 1.76. The highest BCUT2D eigenvalue weighted by atomic mass is 32.2. The molecule has 0 saturated carbocycles. The van der Waals surface area contributed by atoms with Gasteiger partial charge in [0.1, 0.15) is 5.82 Å². The number of hydrogen-bond donors (Lipinski definition) is 0. The average molecular weight is 284 g/mol. The van der Waals surface area contributed by atoms with Crippen LogP contribution in [0.4, 0.5) is 0 Å². The molecule has 3 rings (SSSR count). The van der Waals surface area contributed by atoms with Crippen molar-refractivity contribution in [1.82, 2.24) is 29.6 Å². The second kappa shape index (κ2) is 5.29. The minimum absolute atomic E-state index is 0.226. The van der Waals surface area contributed by atoms with Gasteiger partial charge < -0.3 is 4.74 Å². The molecule has 1 aliphatic rings. The standard InChI is InChI=1S/C9H12N6OS2/c1-6-10-9(18-12-6)17-8-11-13-14-15(8)5-7-3-2-4-16-7/h7H,2-5H2,1H3. The highest BCUT2D eigenvalue weighted by molar-refractivity contribution is 8.00. The lowest BCUT2D eigenvalue weighted by atomic mass is 10.2. The normalized spacial score (nSPS) is 19.5. The van der Waals surface area contributed by atoms with Crippen molar-refractivity contribution in [1.29, 1.82) is 0 Å². The van der Waals surface area contributed by atoms with Crippen LogP contribution in [0, 0.1) is 6.92 Å². The molecule has 1 aliphatic heterocycles. The Bertz CT molecular complexity index is 521. The molecular formula is C9H12N6OS2. The van der Waals surface area contributed by atoms with Gasteiger partial charge in [0, 0.05) is 6.61 Å². The molecule has 1 unspecified atom stereocenters. The van der Waals surface area contributed by atoms with Crippen LogP contribution in [0.3, 0.4) is 0 Å². The van der Waals surface area contributed by atoms with E-state index >= 15 is 0 Å². The molecule has 0 N–H and O–H groups in total. The molecular weight excluding hydrogens is 272 g/mol. The topological polar surface area (TPSA) is 78.6 Å². The Balaban J connectivity index is 1.70. The molecule has 0 radical (unpaired) electrons. The summed E-state index contributed by atoms with van der Waals surface area (Å²) in [6.45, 7) is 3.41. The van der Waals surface area contributed by atoms with Crippen LogP contribution in [0.25, 0.3) is 0 Å². The molecule has 0 aromatic carbocycles. The van der Waals surface area contributed by atoms with E-state index < -0.39 is 0 Å². The van der Waals surface area contributed by atoms with Gasteiger partial charge in [0.15, 0.2) is 4.34 Å². The van der Waals surface area contributed by atoms with Crippen LogP contribution in [-0.2, 0) is 11.3 Å². The molecule has 0 bridgehead atoms. The maximum atomic E-state index is 5.58. The first-order chi connectivity index (χ1) is 8.81. The molecule has 0 amide bonds. The largest absolute Gasteiger partial charge is 0.376 e. The first kappa shape index (κ1) is 12.0. The molecule has 2 aromatic heterocycles. The first-order valence-electron chi connectivity index (χ1n) is 5.67. The van der Waals surface area contributed by atoms with Crippen LogP contribution < -0.4 is 0 Å². The summed E-state index contributed by atoms with van der Waals surface area (Å²) in [5.74, 6) is 0.778. The molecule has 7 nitrogen and oxygen atoms in total. The van der Waals surface area contributed by atoms with Crippen LogP contribution in [0.2, 0.25) is 0 Å². The number of aryl methyl sites for hydroxylation is 1. The van der Waals surface area contributed by atoms with E-state index in [1.54, 1.807) is 4.68 Å². The van der Waals surface area contributed by atoms with Crippen molar-refractivity contribution in [3.05, 3.63) is 5.82 Å². The molecule has 96 valence electrons. The van der Waals surface area contributed by atoms with E-state index in [4.69, 9.17) is 4.74 Å². The Morgan fingerprint density at radius 3 is 3.22 bits per heavy atom. The Kier molecular flexibility index (Phi) is 3.52. The number of ether oxygens (including phenoxy) is 1. The van der Waals surface area contributed by atoms with Crippen molar-refractivity contribution in [2.24, 2.45) is 0 Å². The zero-order chi connectivity index (χ0) is 12.4. The minimum atomic E-state index is 0.226. The number of aromatic nitrogens is 6.